The lowest BCUT2D eigenvalue weighted by atomic mass is 10.0. The number of carbonyl (C=O) groups is 1. The summed E-state index contributed by atoms with van der Waals surface area (Å²) in [6.45, 7) is 1.39. The van der Waals surface area contributed by atoms with Gasteiger partial charge in [0.15, 0.2) is 16.8 Å². The maximum Gasteiger partial charge on any atom is 0.196 e. The topological polar surface area (TPSA) is 95.4 Å². The van der Waals surface area contributed by atoms with Gasteiger partial charge in [-0.1, -0.05) is 42.1 Å². The Morgan fingerprint density at radius 1 is 1.24 bits per heavy atom. The molecule has 0 aliphatic heterocycles. The number of rotatable bonds is 7. The zero-order valence-electron chi connectivity index (χ0n) is 15.3. The van der Waals surface area contributed by atoms with Gasteiger partial charge in [0, 0.05) is 17.3 Å². The molecule has 0 fully saturated rings. The fourth-order valence-corrected chi connectivity index (χ4v) is 3.50. The average molecular weight is 411 g/mol. The van der Waals surface area contributed by atoms with Crippen molar-refractivity contribution in [3.8, 4) is 23.1 Å². The van der Waals surface area contributed by atoms with E-state index in [0.29, 0.717) is 11.4 Å². The van der Waals surface area contributed by atoms with Crippen LogP contribution >= 0.6 is 11.8 Å². The normalized spacial score (nSPS) is 11.7. The third kappa shape index (κ3) is 4.38. The van der Waals surface area contributed by atoms with Gasteiger partial charge in [-0.3, -0.25) is 9.36 Å². The SMILES string of the molecule is CC(=N)C(C#N)C(=O)CSc1nnc(-c2ccccc2)n1-c1ccc(F)cc1F. The number of nitrogens with zero attached hydrogens (tertiary/aromatic N) is 4. The van der Waals surface area contributed by atoms with Crippen LogP contribution in [-0.2, 0) is 4.79 Å². The Kier molecular flexibility index (Phi) is 6.14. The van der Waals surface area contributed by atoms with Crippen LogP contribution in [0.2, 0.25) is 0 Å². The van der Waals surface area contributed by atoms with Gasteiger partial charge in [-0.15, -0.1) is 10.2 Å². The molecule has 29 heavy (non-hydrogen) atoms. The molecular weight excluding hydrogens is 396 g/mol. The van der Waals surface area contributed by atoms with Gasteiger partial charge in [-0.05, 0) is 19.1 Å². The van der Waals surface area contributed by atoms with Crippen molar-refractivity contribution in [1.82, 2.24) is 14.8 Å². The van der Waals surface area contributed by atoms with E-state index in [1.807, 2.05) is 6.07 Å². The molecular formula is C20H15F2N5OS. The van der Waals surface area contributed by atoms with Gasteiger partial charge in [0.05, 0.1) is 17.5 Å². The van der Waals surface area contributed by atoms with Gasteiger partial charge in [-0.2, -0.15) is 5.26 Å². The van der Waals surface area contributed by atoms with Crippen LogP contribution in [0, 0.1) is 34.3 Å². The third-order valence-electron chi connectivity index (χ3n) is 4.04. The Balaban J connectivity index is 2.02. The highest BCUT2D eigenvalue weighted by atomic mass is 32.2. The molecule has 1 aromatic heterocycles. The van der Waals surface area contributed by atoms with Crippen LogP contribution < -0.4 is 0 Å². The minimum absolute atomic E-state index is 0.0327. The fraction of sp³-hybridized carbons (Fsp3) is 0.150. The van der Waals surface area contributed by atoms with Crippen LogP contribution in [0.4, 0.5) is 8.78 Å². The van der Waals surface area contributed by atoms with E-state index in [-0.39, 0.29) is 22.3 Å². The summed E-state index contributed by atoms with van der Waals surface area (Å²) in [4.78, 5) is 12.3. The molecule has 2 aromatic carbocycles. The molecule has 9 heteroatoms. The Morgan fingerprint density at radius 2 is 1.97 bits per heavy atom. The molecule has 1 heterocycles. The van der Waals surface area contributed by atoms with Crippen LogP contribution in [0.5, 0.6) is 0 Å². The minimum Gasteiger partial charge on any atom is -0.308 e. The van der Waals surface area contributed by atoms with Gasteiger partial charge in [0.25, 0.3) is 0 Å². The van der Waals surface area contributed by atoms with Gasteiger partial charge in [0.1, 0.15) is 17.6 Å². The quantitative estimate of drug-likeness (QED) is 0.467. The Labute approximate surface area is 169 Å². The van der Waals surface area contributed by atoms with Crippen LogP contribution in [0.1, 0.15) is 6.92 Å². The summed E-state index contributed by atoms with van der Waals surface area (Å²) in [5, 5.41) is 25.0. The highest BCUT2D eigenvalue weighted by molar-refractivity contribution is 7.99. The van der Waals surface area contributed by atoms with E-state index < -0.39 is 23.3 Å². The molecule has 146 valence electrons. The van der Waals surface area contributed by atoms with E-state index in [1.54, 1.807) is 30.3 Å². The molecule has 1 unspecified atom stereocenters. The highest BCUT2D eigenvalue weighted by Crippen LogP contribution is 2.29. The molecule has 0 spiro atoms. The second-order valence-corrected chi connectivity index (χ2v) is 7.05. The highest BCUT2D eigenvalue weighted by Gasteiger charge is 2.23. The number of aromatic nitrogens is 3. The lowest BCUT2D eigenvalue weighted by Gasteiger charge is -2.12. The molecule has 0 bridgehead atoms. The number of carbonyl (C=O) groups excluding carboxylic acids is 1. The average Bonchev–Trinajstić information content (AvgIpc) is 3.11. The van der Waals surface area contributed by atoms with Gasteiger partial charge >= 0.3 is 0 Å². The number of Topliss-reactive ketones (excluding diaryl/α,β-unsaturated/α-hetero) is 1. The summed E-state index contributed by atoms with van der Waals surface area (Å²) in [6, 6.07) is 13.9. The third-order valence-corrected chi connectivity index (χ3v) is 4.99. The van der Waals surface area contributed by atoms with E-state index in [0.717, 1.165) is 23.9 Å². The van der Waals surface area contributed by atoms with Gasteiger partial charge in [-0.25, -0.2) is 8.78 Å². The van der Waals surface area contributed by atoms with Crippen molar-refractivity contribution < 1.29 is 13.6 Å². The summed E-state index contributed by atoms with van der Waals surface area (Å²) in [5.74, 6) is -2.95. The number of hydrogen-bond donors (Lipinski definition) is 1. The first kappa shape index (κ1) is 20.4. The monoisotopic (exact) mass is 411 g/mol. The lowest BCUT2D eigenvalue weighted by Crippen LogP contribution is -2.21. The number of ketones is 1. The molecule has 1 atom stereocenters. The summed E-state index contributed by atoms with van der Waals surface area (Å²) in [5.41, 5.74) is 0.645. The largest absolute Gasteiger partial charge is 0.308 e. The smallest absolute Gasteiger partial charge is 0.196 e. The first-order valence-corrected chi connectivity index (χ1v) is 9.47. The zero-order chi connectivity index (χ0) is 21.0. The van der Waals surface area contributed by atoms with Crippen LogP contribution in [0.3, 0.4) is 0 Å². The predicted octanol–water partition coefficient (Wildman–Crippen LogP) is 4.05. The molecule has 1 N–H and O–H groups in total. The van der Waals surface area contributed by atoms with Crippen molar-refractivity contribution in [2.24, 2.45) is 5.92 Å². The molecule has 0 radical (unpaired) electrons. The molecule has 0 saturated carbocycles. The maximum atomic E-state index is 14.5. The summed E-state index contributed by atoms with van der Waals surface area (Å²) in [6.07, 6.45) is 0. The number of benzene rings is 2. The molecule has 0 amide bonds. The van der Waals surface area contributed by atoms with Crippen molar-refractivity contribution in [2.45, 2.75) is 12.1 Å². The number of nitrogens with one attached hydrogen (secondary N) is 1. The summed E-state index contributed by atoms with van der Waals surface area (Å²) in [7, 11) is 0. The number of nitriles is 1. The van der Waals surface area contributed by atoms with Crippen molar-refractivity contribution in [3.63, 3.8) is 0 Å². The molecule has 3 rings (SSSR count). The fourth-order valence-electron chi connectivity index (χ4n) is 2.65. The lowest BCUT2D eigenvalue weighted by molar-refractivity contribution is -0.117. The molecule has 0 aliphatic carbocycles. The van der Waals surface area contributed by atoms with Gasteiger partial charge in [0.2, 0.25) is 0 Å². The first-order valence-electron chi connectivity index (χ1n) is 8.48. The number of thioether (sulfide) groups is 1. The van der Waals surface area contributed by atoms with Crippen molar-refractivity contribution in [1.29, 1.82) is 10.7 Å². The molecule has 6 nitrogen and oxygen atoms in total. The maximum absolute atomic E-state index is 14.5. The Bertz CT molecular complexity index is 1110. The molecule has 0 saturated heterocycles. The van der Waals surface area contributed by atoms with E-state index >= 15 is 0 Å². The molecule has 3 aromatic rings. The standard InChI is InChI=1S/C20H15F2N5OS/c1-12(24)15(10-23)18(28)11-29-20-26-25-19(13-5-3-2-4-6-13)27(20)17-8-7-14(21)9-16(17)22/h2-9,15,24H,11H2,1H3. The van der Waals surface area contributed by atoms with Crippen LogP contribution in [0.25, 0.3) is 17.1 Å². The van der Waals surface area contributed by atoms with Crippen LogP contribution in [0.15, 0.2) is 53.7 Å². The number of halogens is 2. The van der Waals surface area contributed by atoms with Crippen molar-refractivity contribution in [3.05, 3.63) is 60.2 Å². The van der Waals surface area contributed by atoms with Crippen molar-refractivity contribution in [2.75, 3.05) is 5.75 Å². The predicted molar refractivity (Wildman–Crippen MR) is 105 cm³/mol. The second kappa shape index (κ2) is 8.75. The van der Waals surface area contributed by atoms with Gasteiger partial charge < -0.3 is 5.41 Å². The minimum atomic E-state index is -1.14. The zero-order valence-corrected chi connectivity index (χ0v) is 16.1. The summed E-state index contributed by atoms with van der Waals surface area (Å²) >= 11 is 0.971. The van der Waals surface area contributed by atoms with E-state index in [2.05, 4.69) is 10.2 Å². The second-order valence-electron chi connectivity index (χ2n) is 6.10. The Morgan fingerprint density at radius 3 is 2.59 bits per heavy atom. The van der Waals surface area contributed by atoms with Crippen LogP contribution in [-0.4, -0.2) is 32.0 Å². The Hall–Kier alpha value is -3.38. The number of hydrogen-bond acceptors (Lipinski definition) is 6. The molecule has 0 aliphatic rings. The van der Waals surface area contributed by atoms with E-state index in [9.17, 15) is 13.6 Å². The van der Waals surface area contributed by atoms with Crippen molar-refractivity contribution >= 4 is 23.3 Å². The van der Waals surface area contributed by atoms with E-state index in [4.69, 9.17) is 10.7 Å². The summed E-state index contributed by atoms with van der Waals surface area (Å²) < 4.78 is 29.3. The first-order chi connectivity index (χ1) is 13.9. The van der Waals surface area contributed by atoms with E-state index in [1.165, 1.54) is 17.6 Å².